The van der Waals surface area contributed by atoms with Crippen molar-refractivity contribution in [3.05, 3.63) is 81.8 Å². The Balaban J connectivity index is 1.90. The number of nitrogens with zero attached hydrogens (tertiary/aromatic N) is 3. The standard InChI is InChI=1S/C26H24N4O2/c1-15-11-16(2)13-17(12-15)30-21-9-6-10-22(31)23(21)26(19(14-27)24(30)28)18-7-4-5-8-20(18)29(3)25(26)32/h4-5,7-8,11-13H,6,9-10,28H2,1-3H3. The Labute approximate surface area is 187 Å². The summed E-state index contributed by atoms with van der Waals surface area (Å²) in [6.07, 6.45) is 1.63. The minimum atomic E-state index is -1.49. The van der Waals surface area contributed by atoms with Crippen LogP contribution in [0.5, 0.6) is 0 Å². The Bertz CT molecular complexity index is 1290. The lowest BCUT2D eigenvalue weighted by molar-refractivity contribution is -0.124. The molecule has 0 fully saturated rings. The number of rotatable bonds is 1. The van der Waals surface area contributed by atoms with Gasteiger partial charge in [-0.1, -0.05) is 24.3 Å². The first kappa shape index (κ1) is 20.1. The molecule has 0 bridgehead atoms. The van der Waals surface area contributed by atoms with Crippen molar-refractivity contribution in [3.8, 4) is 6.07 Å². The van der Waals surface area contributed by atoms with E-state index in [9.17, 15) is 14.9 Å². The minimum Gasteiger partial charge on any atom is -0.384 e. The van der Waals surface area contributed by atoms with Gasteiger partial charge in [0.25, 0.3) is 0 Å². The molecule has 2 aromatic rings. The number of carbonyl (C=O) groups excluding carboxylic acids is 2. The second-order valence-corrected chi connectivity index (χ2v) is 8.78. The van der Waals surface area contributed by atoms with Crippen LogP contribution >= 0.6 is 0 Å². The molecule has 1 aliphatic carbocycles. The van der Waals surface area contributed by atoms with E-state index in [0.29, 0.717) is 36.1 Å². The number of benzene rings is 2. The number of carbonyl (C=O) groups is 2. The van der Waals surface area contributed by atoms with Crippen molar-refractivity contribution in [2.45, 2.75) is 38.5 Å². The molecule has 1 amide bonds. The van der Waals surface area contributed by atoms with Gasteiger partial charge in [0.15, 0.2) is 5.78 Å². The van der Waals surface area contributed by atoms with Gasteiger partial charge >= 0.3 is 0 Å². The molecular weight excluding hydrogens is 400 g/mol. The number of Topliss-reactive ketones (excluding diaryl/α,β-unsaturated/α-hetero) is 1. The predicted octanol–water partition coefficient (Wildman–Crippen LogP) is 3.74. The number of nitrogens with two attached hydrogens (primary N) is 1. The maximum atomic E-state index is 13.9. The van der Waals surface area contributed by atoms with Crippen LogP contribution in [0.2, 0.25) is 0 Å². The first-order valence-electron chi connectivity index (χ1n) is 10.8. The molecule has 32 heavy (non-hydrogen) atoms. The van der Waals surface area contributed by atoms with Gasteiger partial charge in [-0.2, -0.15) is 5.26 Å². The zero-order valence-electron chi connectivity index (χ0n) is 18.4. The monoisotopic (exact) mass is 424 g/mol. The first-order valence-corrected chi connectivity index (χ1v) is 10.8. The Morgan fingerprint density at radius 2 is 1.75 bits per heavy atom. The molecule has 0 radical (unpaired) electrons. The van der Waals surface area contributed by atoms with E-state index in [2.05, 4.69) is 12.1 Å². The molecule has 6 heteroatoms. The van der Waals surface area contributed by atoms with E-state index in [-0.39, 0.29) is 23.1 Å². The lowest BCUT2D eigenvalue weighted by Crippen LogP contribution is -2.52. The van der Waals surface area contributed by atoms with Gasteiger partial charge in [0.1, 0.15) is 17.3 Å². The topological polar surface area (TPSA) is 90.4 Å². The van der Waals surface area contributed by atoms with Gasteiger partial charge in [-0.05, 0) is 56.0 Å². The number of amides is 1. The fraction of sp³-hybridized carbons (Fsp3) is 0.269. The number of para-hydroxylation sites is 1. The molecule has 2 heterocycles. The van der Waals surface area contributed by atoms with Crippen LogP contribution in [0.1, 0.15) is 36.0 Å². The van der Waals surface area contributed by atoms with E-state index in [1.54, 1.807) is 11.9 Å². The molecule has 0 saturated carbocycles. The molecule has 160 valence electrons. The average molecular weight is 425 g/mol. The number of fused-ring (bicyclic) bond motifs is 3. The molecule has 0 saturated heterocycles. The molecule has 1 unspecified atom stereocenters. The number of anilines is 2. The highest BCUT2D eigenvalue weighted by atomic mass is 16.2. The van der Waals surface area contributed by atoms with Crippen LogP contribution in [0, 0.1) is 25.2 Å². The lowest BCUT2D eigenvalue weighted by atomic mass is 9.64. The molecule has 1 atom stereocenters. The number of hydrogen-bond donors (Lipinski definition) is 1. The van der Waals surface area contributed by atoms with Crippen LogP contribution in [0.25, 0.3) is 0 Å². The largest absolute Gasteiger partial charge is 0.384 e. The summed E-state index contributed by atoms with van der Waals surface area (Å²) in [6, 6.07) is 15.7. The third-order valence-corrected chi connectivity index (χ3v) is 6.77. The SMILES string of the molecule is Cc1cc(C)cc(N2C(N)=C(C#N)C3(C(=O)N(C)c4ccccc43)C3=C2CCCC3=O)c1. The zero-order valence-corrected chi connectivity index (χ0v) is 18.4. The fourth-order valence-corrected chi connectivity index (χ4v) is 5.61. The maximum absolute atomic E-state index is 13.9. The van der Waals surface area contributed by atoms with Gasteiger partial charge in [0.05, 0.1) is 5.57 Å². The molecule has 5 rings (SSSR count). The van der Waals surface area contributed by atoms with E-state index in [1.807, 2.05) is 55.1 Å². The Hall–Kier alpha value is -3.85. The van der Waals surface area contributed by atoms with Gasteiger partial charge in [-0.25, -0.2) is 0 Å². The first-order chi connectivity index (χ1) is 15.3. The molecule has 2 aromatic carbocycles. The Kier molecular flexibility index (Phi) is 4.28. The summed E-state index contributed by atoms with van der Waals surface area (Å²) in [4.78, 5) is 30.8. The second kappa shape index (κ2) is 6.83. The van der Waals surface area contributed by atoms with Crippen molar-refractivity contribution in [3.63, 3.8) is 0 Å². The van der Waals surface area contributed by atoms with E-state index in [1.165, 1.54) is 0 Å². The third kappa shape index (κ3) is 2.39. The van der Waals surface area contributed by atoms with Gasteiger partial charge in [0.2, 0.25) is 5.91 Å². The molecule has 6 nitrogen and oxygen atoms in total. The molecule has 3 aliphatic rings. The summed E-state index contributed by atoms with van der Waals surface area (Å²) in [5.41, 5.74) is 10.7. The van der Waals surface area contributed by atoms with Gasteiger partial charge in [-0.15, -0.1) is 0 Å². The van der Waals surface area contributed by atoms with E-state index in [4.69, 9.17) is 5.73 Å². The normalized spacial score (nSPS) is 22.4. The van der Waals surface area contributed by atoms with Crippen molar-refractivity contribution < 1.29 is 9.59 Å². The zero-order chi connectivity index (χ0) is 22.8. The summed E-state index contributed by atoms with van der Waals surface area (Å²) in [7, 11) is 1.69. The van der Waals surface area contributed by atoms with Crippen LogP contribution in [0.4, 0.5) is 11.4 Å². The summed E-state index contributed by atoms with van der Waals surface area (Å²) in [5.74, 6) is -0.190. The summed E-state index contributed by atoms with van der Waals surface area (Å²) in [5, 5.41) is 10.3. The number of nitriles is 1. The number of hydrogen-bond acceptors (Lipinski definition) is 5. The van der Waals surface area contributed by atoms with E-state index < -0.39 is 5.41 Å². The highest BCUT2D eigenvalue weighted by molar-refractivity contribution is 6.20. The number of allylic oxidation sites excluding steroid dienone is 1. The van der Waals surface area contributed by atoms with Crippen LogP contribution < -0.4 is 15.5 Å². The second-order valence-electron chi connectivity index (χ2n) is 8.78. The summed E-state index contributed by atoms with van der Waals surface area (Å²) >= 11 is 0. The van der Waals surface area contributed by atoms with Crippen molar-refractivity contribution in [1.82, 2.24) is 0 Å². The van der Waals surface area contributed by atoms with Crippen molar-refractivity contribution in [2.24, 2.45) is 5.73 Å². The summed E-state index contributed by atoms with van der Waals surface area (Å²) in [6.45, 7) is 4.00. The molecule has 1 spiro atoms. The van der Waals surface area contributed by atoms with Crippen LogP contribution in [-0.2, 0) is 15.0 Å². The highest BCUT2D eigenvalue weighted by Crippen LogP contribution is 2.56. The van der Waals surface area contributed by atoms with Crippen molar-refractivity contribution in [2.75, 3.05) is 16.8 Å². The van der Waals surface area contributed by atoms with Gasteiger partial charge in [-0.3, -0.25) is 14.5 Å². The number of ketones is 1. The average Bonchev–Trinajstić information content (AvgIpc) is 2.96. The van der Waals surface area contributed by atoms with Crippen LogP contribution in [-0.4, -0.2) is 18.7 Å². The van der Waals surface area contributed by atoms with E-state index >= 15 is 0 Å². The quantitative estimate of drug-likeness (QED) is 0.753. The fourth-order valence-electron chi connectivity index (χ4n) is 5.61. The lowest BCUT2D eigenvalue weighted by Gasteiger charge is -2.43. The van der Waals surface area contributed by atoms with Crippen molar-refractivity contribution in [1.29, 1.82) is 5.26 Å². The minimum absolute atomic E-state index is 0.0978. The maximum Gasteiger partial charge on any atom is 0.247 e. The van der Waals surface area contributed by atoms with Crippen LogP contribution in [0.3, 0.4) is 0 Å². The van der Waals surface area contributed by atoms with Crippen molar-refractivity contribution >= 4 is 23.1 Å². The number of likely N-dealkylation sites (N-methyl/N-ethyl adjacent to an activating group) is 1. The molecule has 2 aliphatic heterocycles. The molecular formula is C26H24N4O2. The van der Waals surface area contributed by atoms with Gasteiger partial charge in [0, 0.05) is 41.7 Å². The predicted molar refractivity (Wildman–Crippen MR) is 123 cm³/mol. The summed E-state index contributed by atoms with van der Waals surface area (Å²) < 4.78 is 0. The number of aryl methyl sites for hydroxylation is 2. The van der Waals surface area contributed by atoms with E-state index in [0.717, 1.165) is 22.5 Å². The van der Waals surface area contributed by atoms with Gasteiger partial charge < -0.3 is 10.6 Å². The molecule has 0 aromatic heterocycles. The third-order valence-electron chi connectivity index (χ3n) is 6.77. The Morgan fingerprint density at radius 3 is 2.44 bits per heavy atom. The molecule has 2 N–H and O–H groups in total. The highest BCUT2D eigenvalue weighted by Gasteiger charge is 2.61. The Morgan fingerprint density at radius 1 is 1.06 bits per heavy atom. The van der Waals surface area contributed by atoms with Crippen LogP contribution in [0.15, 0.2) is 65.1 Å². The smallest absolute Gasteiger partial charge is 0.247 e.